The number of nitrogens with zero attached hydrogens (tertiary/aromatic N) is 1. The van der Waals surface area contributed by atoms with Gasteiger partial charge in [-0.05, 0) is 31.9 Å². The van der Waals surface area contributed by atoms with E-state index in [-0.39, 0.29) is 0 Å². The zero-order valence-electron chi connectivity index (χ0n) is 8.10. The van der Waals surface area contributed by atoms with Gasteiger partial charge in [-0.2, -0.15) is 0 Å². The minimum atomic E-state index is 0.997. The van der Waals surface area contributed by atoms with E-state index in [4.69, 9.17) is 0 Å². The van der Waals surface area contributed by atoms with E-state index in [9.17, 15) is 0 Å². The van der Waals surface area contributed by atoms with Gasteiger partial charge in [0.15, 0.2) is 0 Å². The Bertz CT molecular complexity index is 274. The van der Waals surface area contributed by atoms with Crippen molar-refractivity contribution in [3.05, 3.63) is 23.5 Å². The van der Waals surface area contributed by atoms with Crippen molar-refractivity contribution in [1.82, 2.24) is 4.98 Å². The Morgan fingerprint density at radius 2 is 2.23 bits per heavy atom. The largest absolute Gasteiger partial charge is 0.384 e. The molecule has 0 radical (unpaired) electrons. The Balaban J connectivity index is 2.59. The second-order valence-electron chi connectivity index (χ2n) is 3.11. The molecule has 0 aliphatic rings. The molecule has 1 rings (SSSR count). The van der Waals surface area contributed by atoms with Gasteiger partial charge in [-0.3, -0.25) is 4.98 Å². The number of anilines is 1. The number of alkyl halides is 1. The molecule has 3 heteroatoms. The molecule has 0 unspecified atom stereocenters. The number of aryl methyl sites for hydroxylation is 2. The highest BCUT2D eigenvalue weighted by atomic mass is 79.9. The minimum absolute atomic E-state index is 0.997. The molecule has 0 bridgehead atoms. The molecule has 1 aromatic rings. The molecule has 2 nitrogen and oxygen atoms in total. The maximum Gasteiger partial charge on any atom is 0.0603 e. The van der Waals surface area contributed by atoms with Crippen LogP contribution in [0.5, 0.6) is 0 Å². The van der Waals surface area contributed by atoms with Crippen molar-refractivity contribution in [3.63, 3.8) is 0 Å². The van der Waals surface area contributed by atoms with Crippen LogP contribution in [0.1, 0.15) is 17.7 Å². The Kier molecular flexibility index (Phi) is 4.22. The van der Waals surface area contributed by atoms with E-state index in [2.05, 4.69) is 39.2 Å². The van der Waals surface area contributed by atoms with Crippen LogP contribution in [0.15, 0.2) is 12.3 Å². The number of nitrogens with one attached hydrogen (secondary N) is 1. The highest BCUT2D eigenvalue weighted by Gasteiger charge is 1.97. The quantitative estimate of drug-likeness (QED) is 0.649. The lowest BCUT2D eigenvalue weighted by atomic mass is 10.2. The first-order chi connectivity index (χ1) is 6.24. The van der Waals surface area contributed by atoms with Gasteiger partial charge >= 0.3 is 0 Å². The lowest BCUT2D eigenvalue weighted by molar-refractivity contribution is 0.989. The van der Waals surface area contributed by atoms with Gasteiger partial charge in [0.2, 0.25) is 0 Å². The number of pyridine rings is 1. The molecule has 13 heavy (non-hydrogen) atoms. The molecule has 1 heterocycles. The molecule has 0 aromatic carbocycles. The molecule has 1 N–H and O–H groups in total. The highest BCUT2D eigenvalue weighted by Crippen LogP contribution is 2.13. The summed E-state index contributed by atoms with van der Waals surface area (Å²) in [5.41, 5.74) is 3.42. The van der Waals surface area contributed by atoms with Crippen LogP contribution in [0.25, 0.3) is 0 Å². The maximum absolute atomic E-state index is 4.28. The topological polar surface area (TPSA) is 24.9 Å². The van der Waals surface area contributed by atoms with Crippen LogP contribution in [0.2, 0.25) is 0 Å². The molecule has 0 saturated heterocycles. The van der Waals surface area contributed by atoms with Crippen molar-refractivity contribution in [2.45, 2.75) is 20.3 Å². The first-order valence-electron chi connectivity index (χ1n) is 4.47. The fourth-order valence-corrected chi connectivity index (χ4v) is 1.39. The monoisotopic (exact) mass is 242 g/mol. The summed E-state index contributed by atoms with van der Waals surface area (Å²) in [6.07, 6.45) is 3.03. The molecular weight excluding hydrogens is 228 g/mol. The molecule has 0 saturated carbocycles. The Morgan fingerprint density at radius 3 is 2.92 bits per heavy atom. The van der Waals surface area contributed by atoms with Gasteiger partial charge in [0.25, 0.3) is 0 Å². The molecule has 0 aliphatic carbocycles. The number of aromatic nitrogens is 1. The van der Waals surface area contributed by atoms with Gasteiger partial charge in [-0.25, -0.2) is 0 Å². The lowest BCUT2D eigenvalue weighted by Crippen LogP contribution is -2.04. The fourth-order valence-electron chi connectivity index (χ4n) is 1.11. The number of hydrogen-bond donors (Lipinski definition) is 1. The van der Waals surface area contributed by atoms with E-state index in [0.29, 0.717) is 0 Å². The zero-order chi connectivity index (χ0) is 9.68. The average Bonchev–Trinajstić information content (AvgIpc) is 2.11. The van der Waals surface area contributed by atoms with Crippen LogP contribution in [0, 0.1) is 13.8 Å². The van der Waals surface area contributed by atoms with Gasteiger partial charge in [-0.15, -0.1) is 0 Å². The zero-order valence-corrected chi connectivity index (χ0v) is 9.69. The van der Waals surface area contributed by atoms with Crippen LogP contribution in [-0.2, 0) is 0 Å². The third kappa shape index (κ3) is 3.35. The molecule has 0 atom stereocenters. The van der Waals surface area contributed by atoms with E-state index >= 15 is 0 Å². The highest BCUT2D eigenvalue weighted by molar-refractivity contribution is 9.09. The SMILES string of the molecule is Cc1cnc(C)c(NCCCBr)c1. The predicted octanol–water partition coefficient (Wildman–Crippen LogP) is 2.90. The molecule has 0 spiro atoms. The van der Waals surface area contributed by atoms with Crippen molar-refractivity contribution in [2.75, 3.05) is 17.2 Å². The summed E-state index contributed by atoms with van der Waals surface area (Å²) in [4.78, 5) is 4.28. The van der Waals surface area contributed by atoms with Crippen molar-refractivity contribution < 1.29 is 0 Å². The maximum atomic E-state index is 4.28. The normalized spacial score (nSPS) is 10.1. The summed E-state index contributed by atoms with van der Waals surface area (Å²) >= 11 is 3.40. The first kappa shape index (κ1) is 10.5. The number of hydrogen-bond acceptors (Lipinski definition) is 2. The van der Waals surface area contributed by atoms with Crippen LogP contribution in [-0.4, -0.2) is 16.9 Å². The van der Waals surface area contributed by atoms with Crippen LogP contribution >= 0.6 is 15.9 Å². The third-order valence-electron chi connectivity index (χ3n) is 1.85. The summed E-state index contributed by atoms with van der Waals surface area (Å²) in [6, 6.07) is 2.14. The van der Waals surface area contributed by atoms with Gasteiger partial charge < -0.3 is 5.32 Å². The Morgan fingerprint density at radius 1 is 1.46 bits per heavy atom. The molecule has 0 fully saturated rings. The average molecular weight is 243 g/mol. The summed E-state index contributed by atoms with van der Waals surface area (Å²) < 4.78 is 0. The van der Waals surface area contributed by atoms with Crippen molar-refractivity contribution in [3.8, 4) is 0 Å². The van der Waals surface area contributed by atoms with Gasteiger partial charge in [0.05, 0.1) is 11.4 Å². The minimum Gasteiger partial charge on any atom is -0.384 e. The van der Waals surface area contributed by atoms with Crippen LogP contribution < -0.4 is 5.32 Å². The summed E-state index contributed by atoms with van der Waals surface area (Å²) in [5.74, 6) is 0. The smallest absolute Gasteiger partial charge is 0.0603 e. The number of halogens is 1. The predicted molar refractivity (Wildman–Crippen MR) is 60.6 cm³/mol. The van der Waals surface area contributed by atoms with Gasteiger partial charge in [-0.1, -0.05) is 15.9 Å². The second-order valence-corrected chi connectivity index (χ2v) is 3.91. The summed E-state index contributed by atoms with van der Waals surface area (Å²) in [6.45, 7) is 5.08. The van der Waals surface area contributed by atoms with E-state index in [1.807, 2.05) is 13.1 Å². The second kappa shape index (κ2) is 5.22. The summed E-state index contributed by atoms with van der Waals surface area (Å²) in [5, 5.41) is 4.40. The molecule has 0 amide bonds. The molecule has 0 aliphatic heterocycles. The van der Waals surface area contributed by atoms with E-state index in [1.165, 1.54) is 5.56 Å². The summed E-state index contributed by atoms with van der Waals surface area (Å²) in [7, 11) is 0. The Hall–Kier alpha value is -0.570. The van der Waals surface area contributed by atoms with E-state index in [0.717, 1.165) is 29.7 Å². The van der Waals surface area contributed by atoms with Crippen molar-refractivity contribution in [1.29, 1.82) is 0 Å². The Labute approximate surface area is 87.9 Å². The van der Waals surface area contributed by atoms with Crippen molar-refractivity contribution in [2.24, 2.45) is 0 Å². The first-order valence-corrected chi connectivity index (χ1v) is 5.59. The molecule has 1 aromatic heterocycles. The van der Waals surface area contributed by atoms with Crippen LogP contribution in [0.4, 0.5) is 5.69 Å². The van der Waals surface area contributed by atoms with Crippen molar-refractivity contribution >= 4 is 21.6 Å². The number of rotatable bonds is 4. The van der Waals surface area contributed by atoms with E-state index in [1.54, 1.807) is 0 Å². The standard InChI is InChI=1S/C10H15BrN2/c1-8-6-10(9(2)13-7-8)12-5-3-4-11/h6-7,12H,3-5H2,1-2H3. The van der Waals surface area contributed by atoms with Crippen LogP contribution in [0.3, 0.4) is 0 Å². The lowest BCUT2D eigenvalue weighted by Gasteiger charge is -2.08. The molecular formula is C10H15BrN2. The van der Waals surface area contributed by atoms with E-state index < -0.39 is 0 Å². The third-order valence-corrected chi connectivity index (χ3v) is 2.41. The van der Waals surface area contributed by atoms with Gasteiger partial charge in [0, 0.05) is 18.1 Å². The molecule has 72 valence electrons. The fraction of sp³-hybridized carbons (Fsp3) is 0.500. The van der Waals surface area contributed by atoms with Gasteiger partial charge in [0.1, 0.15) is 0 Å².